The highest BCUT2D eigenvalue weighted by atomic mass is 19.1. The number of methoxy groups -OCH3 is 1. The maximum absolute atomic E-state index is 13.7. The lowest BCUT2D eigenvalue weighted by atomic mass is 9.64. The van der Waals surface area contributed by atoms with Gasteiger partial charge in [-0.15, -0.1) is 0 Å². The normalized spacial score (nSPS) is 13.5. The highest BCUT2D eigenvalue weighted by Crippen LogP contribution is 2.43. The molecule has 2 aromatic rings. The molecule has 2 atom stereocenters. The summed E-state index contributed by atoms with van der Waals surface area (Å²) in [4.78, 5) is 36.9. The van der Waals surface area contributed by atoms with Gasteiger partial charge in [0.15, 0.2) is 0 Å². The number of hydrogen-bond acceptors (Lipinski definition) is 5. The second-order valence-electron chi connectivity index (χ2n) is 7.65. The van der Waals surface area contributed by atoms with Crippen molar-refractivity contribution in [3.05, 3.63) is 65.5 Å². The van der Waals surface area contributed by atoms with Crippen LogP contribution in [-0.2, 0) is 24.5 Å². The molecule has 2 rings (SSSR count). The Kier molecular flexibility index (Phi) is 9.39. The summed E-state index contributed by atoms with van der Waals surface area (Å²) in [7, 11) is 1.48. The summed E-state index contributed by atoms with van der Waals surface area (Å²) in [5.74, 6) is -4.02. The molecule has 0 aliphatic heterocycles. The first-order valence-electron chi connectivity index (χ1n) is 10.8. The molecule has 0 bridgehead atoms. The lowest BCUT2D eigenvalue weighted by Gasteiger charge is -2.37. The van der Waals surface area contributed by atoms with Crippen LogP contribution < -0.4 is 4.74 Å². The largest absolute Gasteiger partial charge is 0.497 e. The number of carbonyl (C=O) groups is 3. The van der Waals surface area contributed by atoms with E-state index in [0.717, 1.165) is 12.1 Å². The monoisotopic (exact) mass is 460 g/mol. The van der Waals surface area contributed by atoms with E-state index >= 15 is 0 Å². The van der Waals surface area contributed by atoms with Crippen LogP contribution in [0.5, 0.6) is 5.75 Å². The SMILES string of the molecule is CCOC(=O)C(CCCCCC(=O)O)C(C(=O)O)(c1ccc(F)cc1)c1ccc(OC)cc1. The molecular weight excluding hydrogens is 431 g/mol. The first-order chi connectivity index (χ1) is 15.8. The summed E-state index contributed by atoms with van der Waals surface area (Å²) in [6.45, 7) is 1.70. The molecule has 7 nitrogen and oxygen atoms in total. The van der Waals surface area contributed by atoms with Gasteiger partial charge in [0.2, 0.25) is 0 Å². The molecule has 2 unspecified atom stereocenters. The molecule has 8 heteroatoms. The van der Waals surface area contributed by atoms with Gasteiger partial charge in [-0.05, 0) is 55.2 Å². The van der Waals surface area contributed by atoms with Gasteiger partial charge in [-0.2, -0.15) is 0 Å². The predicted molar refractivity (Wildman–Crippen MR) is 119 cm³/mol. The van der Waals surface area contributed by atoms with Crippen molar-refractivity contribution in [2.45, 2.75) is 44.4 Å². The number of carboxylic acids is 2. The molecule has 0 aromatic heterocycles. The molecular formula is C25H29FO7. The van der Waals surface area contributed by atoms with Crippen LogP contribution in [0.3, 0.4) is 0 Å². The van der Waals surface area contributed by atoms with Crippen LogP contribution in [0.15, 0.2) is 48.5 Å². The molecule has 0 fully saturated rings. The molecule has 2 N–H and O–H groups in total. The fourth-order valence-corrected chi connectivity index (χ4v) is 4.09. The van der Waals surface area contributed by atoms with E-state index < -0.39 is 35.1 Å². The van der Waals surface area contributed by atoms with Crippen LogP contribution in [0.1, 0.15) is 50.2 Å². The topological polar surface area (TPSA) is 110 Å². The van der Waals surface area contributed by atoms with Crippen LogP contribution in [0.4, 0.5) is 4.39 Å². The van der Waals surface area contributed by atoms with Gasteiger partial charge in [-0.25, -0.2) is 4.39 Å². The number of carboxylic acid groups (broad SMARTS) is 2. The molecule has 178 valence electrons. The number of ether oxygens (including phenoxy) is 2. The van der Waals surface area contributed by atoms with Crippen LogP contribution in [0.25, 0.3) is 0 Å². The van der Waals surface area contributed by atoms with E-state index in [1.165, 1.54) is 19.2 Å². The summed E-state index contributed by atoms with van der Waals surface area (Å²) in [5, 5.41) is 19.4. The van der Waals surface area contributed by atoms with E-state index in [1.807, 2.05) is 0 Å². The molecule has 0 saturated heterocycles. The molecule has 33 heavy (non-hydrogen) atoms. The standard InChI is InChI=1S/C25H29FO7/c1-3-33-23(29)21(7-5-4-6-8-22(27)28)25(24(30)31,17-9-13-19(26)14-10-17)18-11-15-20(32-2)16-12-18/h9-16,21H,3-8H2,1-2H3,(H,27,28)(H,30,31). The smallest absolute Gasteiger partial charge is 0.319 e. The van der Waals surface area contributed by atoms with Crippen molar-refractivity contribution >= 4 is 17.9 Å². The zero-order chi connectivity index (χ0) is 24.4. The molecule has 0 spiro atoms. The Morgan fingerprint density at radius 3 is 2.00 bits per heavy atom. The second kappa shape index (κ2) is 12.0. The summed E-state index contributed by atoms with van der Waals surface area (Å²) in [6, 6.07) is 11.4. The molecule has 0 amide bonds. The Bertz CT molecular complexity index is 940. The van der Waals surface area contributed by atoms with Gasteiger partial charge < -0.3 is 19.7 Å². The summed E-state index contributed by atoms with van der Waals surface area (Å²) >= 11 is 0. The quantitative estimate of drug-likeness (QED) is 0.336. The lowest BCUT2D eigenvalue weighted by Crippen LogP contribution is -2.48. The Morgan fingerprint density at radius 2 is 1.52 bits per heavy atom. The molecule has 0 aliphatic carbocycles. The van der Waals surface area contributed by atoms with Crippen molar-refractivity contribution in [3.8, 4) is 5.75 Å². The first kappa shape index (κ1) is 25.8. The highest BCUT2D eigenvalue weighted by Gasteiger charge is 2.52. The summed E-state index contributed by atoms with van der Waals surface area (Å²) < 4.78 is 24.2. The van der Waals surface area contributed by atoms with Crippen molar-refractivity contribution in [1.29, 1.82) is 0 Å². The number of halogens is 1. The summed E-state index contributed by atoms with van der Waals surface area (Å²) in [5.41, 5.74) is -1.28. The number of rotatable bonds is 13. The van der Waals surface area contributed by atoms with Crippen LogP contribution in [0, 0.1) is 11.7 Å². The van der Waals surface area contributed by atoms with Gasteiger partial charge in [0.05, 0.1) is 19.6 Å². The minimum absolute atomic E-state index is 0.00934. The van der Waals surface area contributed by atoms with Crippen molar-refractivity contribution in [2.75, 3.05) is 13.7 Å². The third-order valence-electron chi connectivity index (χ3n) is 5.66. The van der Waals surface area contributed by atoms with Gasteiger partial charge >= 0.3 is 17.9 Å². The molecule has 0 aliphatic rings. The van der Waals surface area contributed by atoms with Gasteiger partial charge in [0.25, 0.3) is 0 Å². The third kappa shape index (κ3) is 6.09. The van der Waals surface area contributed by atoms with Gasteiger partial charge in [0.1, 0.15) is 17.0 Å². The third-order valence-corrected chi connectivity index (χ3v) is 5.66. The van der Waals surface area contributed by atoms with Gasteiger partial charge in [-0.3, -0.25) is 14.4 Å². The van der Waals surface area contributed by atoms with E-state index in [9.17, 15) is 23.9 Å². The van der Waals surface area contributed by atoms with E-state index in [4.69, 9.17) is 14.6 Å². The van der Waals surface area contributed by atoms with E-state index in [0.29, 0.717) is 30.6 Å². The van der Waals surface area contributed by atoms with Crippen molar-refractivity contribution in [1.82, 2.24) is 0 Å². The van der Waals surface area contributed by atoms with Crippen LogP contribution in [0.2, 0.25) is 0 Å². The maximum atomic E-state index is 13.7. The first-order valence-corrected chi connectivity index (χ1v) is 10.8. The molecule has 0 saturated carbocycles. The minimum Gasteiger partial charge on any atom is -0.497 e. The fourth-order valence-electron chi connectivity index (χ4n) is 4.09. The molecule has 0 radical (unpaired) electrons. The van der Waals surface area contributed by atoms with Gasteiger partial charge in [-0.1, -0.05) is 37.1 Å². The van der Waals surface area contributed by atoms with Gasteiger partial charge in [0, 0.05) is 6.42 Å². The van der Waals surface area contributed by atoms with Crippen molar-refractivity contribution in [3.63, 3.8) is 0 Å². The highest BCUT2D eigenvalue weighted by molar-refractivity contribution is 5.93. The number of hydrogen-bond donors (Lipinski definition) is 2. The van der Waals surface area contributed by atoms with Crippen LogP contribution >= 0.6 is 0 Å². The number of aliphatic carboxylic acids is 2. The van der Waals surface area contributed by atoms with E-state index in [-0.39, 0.29) is 25.0 Å². The van der Waals surface area contributed by atoms with E-state index in [1.54, 1.807) is 31.2 Å². The number of carbonyl (C=O) groups excluding carboxylic acids is 1. The average molecular weight is 460 g/mol. The molecule has 2 aromatic carbocycles. The fraction of sp³-hybridized carbons (Fsp3) is 0.400. The Morgan fingerprint density at radius 1 is 0.939 bits per heavy atom. The number of benzene rings is 2. The minimum atomic E-state index is -1.85. The predicted octanol–water partition coefficient (Wildman–Crippen LogP) is 4.42. The Balaban J connectivity index is 2.62. The lowest BCUT2D eigenvalue weighted by molar-refractivity contribution is -0.158. The second-order valence-corrected chi connectivity index (χ2v) is 7.65. The van der Waals surface area contributed by atoms with Crippen molar-refractivity contribution in [2.24, 2.45) is 5.92 Å². The summed E-state index contributed by atoms with van der Waals surface area (Å²) in [6.07, 6.45) is 1.47. The molecule has 0 heterocycles. The Hall–Kier alpha value is -3.42. The zero-order valence-electron chi connectivity index (χ0n) is 18.8. The zero-order valence-corrected chi connectivity index (χ0v) is 18.8. The van der Waals surface area contributed by atoms with E-state index in [2.05, 4.69) is 0 Å². The van der Waals surface area contributed by atoms with Crippen molar-refractivity contribution < 1.29 is 38.5 Å². The maximum Gasteiger partial charge on any atom is 0.319 e. The average Bonchev–Trinajstić information content (AvgIpc) is 2.79. The number of esters is 1. The van der Waals surface area contributed by atoms with Crippen LogP contribution in [-0.4, -0.2) is 41.8 Å². The Labute approximate surface area is 192 Å². The number of unbranched alkanes of at least 4 members (excludes halogenated alkanes) is 2.